The Bertz CT molecular complexity index is 376. The number of aromatic nitrogens is 1. The molecule has 0 spiro atoms. The van der Waals surface area contributed by atoms with Crippen LogP contribution >= 0.6 is 0 Å². The van der Waals surface area contributed by atoms with E-state index >= 15 is 0 Å². The Kier molecular flexibility index (Phi) is 2.71. The number of hydrogen-bond donors (Lipinski definition) is 0. The summed E-state index contributed by atoms with van der Waals surface area (Å²) < 4.78 is 2.12. The van der Waals surface area contributed by atoms with Gasteiger partial charge in [-0.25, -0.2) is 0 Å². The molecule has 0 fully saturated rings. The number of carbonyl (C=O) groups is 1. The summed E-state index contributed by atoms with van der Waals surface area (Å²) in [5.41, 5.74) is 1.25. The van der Waals surface area contributed by atoms with Crippen LogP contribution in [0, 0.1) is 0 Å². The van der Waals surface area contributed by atoms with E-state index in [9.17, 15) is 4.79 Å². The minimum Gasteiger partial charge on any atom is -0.339 e. The number of hydrogen-bond acceptors (Lipinski definition) is 1. The van der Waals surface area contributed by atoms with Gasteiger partial charge in [0.25, 0.3) is 5.91 Å². The number of amides is 1. The van der Waals surface area contributed by atoms with Crippen LogP contribution in [0.4, 0.5) is 0 Å². The summed E-state index contributed by atoms with van der Waals surface area (Å²) in [7, 11) is 1.89. The molecule has 2 rings (SSSR count). The van der Waals surface area contributed by atoms with E-state index in [1.807, 2.05) is 30.3 Å². The van der Waals surface area contributed by atoms with Gasteiger partial charge in [-0.2, -0.15) is 4.57 Å². The highest BCUT2D eigenvalue weighted by atomic mass is 16.2. The molecule has 0 N–H and O–H groups in total. The molecule has 0 saturated carbocycles. The summed E-state index contributed by atoms with van der Waals surface area (Å²) >= 11 is 0. The minimum absolute atomic E-state index is 0.0197. The van der Waals surface area contributed by atoms with Crippen LogP contribution in [0.3, 0.4) is 0 Å². The Morgan fingerprint density at radius 2 is 2.33 bits per heavy atom. The van der Waals surface area contributed by atoms with Crippen molar-refractivity contribution in [2.75, 3.05) is 13.6 Å². The van der Waals surface area contributed by atoms with Crippen molar-refractivity contribution in [2.45, 2.75) is 25.8 Å². The fourth-order valence-electron chi connectivity index (χ4n) is 2.14. The fraction of sp³-hybridized carbons (Fsp3) is 0.500. The number of nitrogens with zero attached hydrogens (tertiary/aromatic N) is 2. The lowest BCUT2D eigenvalue weighted by molar-refractivity contribution is -0.715. The third-order valence-corrected chi connectivity index (χ3v) is 3.07. The summed E-state index contributed by atoms with van der Waals surface area (Å²) in [5.74, 6) is 0.229. The van der Waals surface area contributed by atoms with Crippen LogP contribution in [0.15, 0.2) is 24.4 Å². The van der Waals surface area contributed by atoms with E-state index in [2.05, 4.69) is 17.6 Å². The van der Waals surface area contributed by atoms with Gasteiger partial charge in [-0.15, -0.1) is 0 Å². The van der Waals surface area contributed by atoms with Gasteiger partial charge < -0.3 is 4.90 Å². The van der Waals surface area contributed by atoms with Gasteiger partial charge in [-0.1, -0.05) is 13.0 Å². The maximum absolute atomic E-state index is 12.0. The number of carbonyl (C=O) groups excluding carboxylic acids is 1. The molecule has 0 aliphatic carbocycles. The number of likely N-dealkylation sites (N-methyl/N-ethyl adjacent to an activating group) is 1. The Morgan fingerprint density at radius 1 is 1.53 bits per heavy atom. The summed E-state index contributed by atoms with van der Waals surface area (Å²) in [4.78, 5) is 13.9. The zero-order chi connectivity index (χ0) is 10.8. The molecule has 0 radical (unpaired) electrons. The van der Waals surface area contributed by atoms with Crippen molar-refractivity contribution in [3.8, 4) is 0 Å². The first-order valence-corrected chi connectivity index (χ1v) is 5.48. The third kappa shape index (κ3) is 1.74. The van der Waals surface area contributed by atoms with Crippen LogP contribution in [0.5, 0.6) is 0 Å². The van der Waals surface area contributed by atoms with Crippen LogP contribution < -0.4 is 4.57 Å². The van der Waals surface area contributed by atoms with Crippen molar-refractivity contribution < 1.29 is 9.36 Å². The van der Waals surface area contributed by atoms with Gasteiger partial charge in [-0.05, 0) is 0 Å². The molecule has 15 heavy (non-hydrogen) atoms. The Balaban J connectivity index is 2.45. The topological polar surface area (TPSA) is 24.2 Å². The molecule has 1 aromatic heterocycles. The SMILES string of the molecule is CC[C@H]1C(=O)N(C)CCc2cccc[n+]21. The van der Waals surface area contributed by atoms with Crippen LogP contribution in [-0.4, -0.2) is 24.4 Å². The lowest BCUT2D eigenvalue weighted by atomic mass is 10.2. The van der Waals surface area contributed by atoms with E-state index in [0.29, 0.717) is 0 Å². The molecule has 0 saturated heterocycles. The molecule has 1 atom stereocenters. The fourth-order valence-corrected chi connectivity index (χ4v) is 2.14. The summed E-state index contributed by atoms with van der Waals surface area (Å²) in [6.45, 7) is 2.88. The molecule has 80 valence electrons. The van der Waals surface area contributed by atoms with E-state index in [1.165, 1.54) is 5.69 Å². The van der Waals surface area contributed by atoms with Crippen molar-refractivity contribution in [3.63, 3.8) is 0 Å². The highest BCUT2D eigenvalue weighted by molar-refractivity contribution is 5.78. The van der Waals surface area contributed by atoms with Crippen molar-refractivity contribution in [2.24, 2.45) is 0 Å². The normalized spacial score (nSPS) is 21.1. The standard InChI is InChI=1S/C12H17N2O/c1-3-11-12(15)13(2)9-7-10-6-4-5-8-14(10)11/h4-6,8,11H,3,7,9H2,1-2H3/q+1/t11-/m0/s1. The Hall–Kier alpha value is -1.38. The zero-order valence-electron chi connectivity index (χ0n) is 9.31. The van der Waals surface area contributed by atoms with E-state index in [1.54, 1.807) is 0 Å². The lowest BCUT2D eigenvalue weighted by Crippen LogP contribution is -2.47. The maximum atomic E-state index is 12.0. The summed E-state index contributed by atoms with van der Waals surface area (Å²) in [5, 5.41) is 0. The molecule has 1 aliphatic heterocycles. The molecule has 3 heteroatoms. The van der Waals surface area contributed by atoms with Gasteiger partial charge in [0.1, 0.15) is 0 Å². The predicted octanol–water partition coefficient (Wildman–Crippen LogP) is 0.940. The van der Waals surface area contributed by atoms with Crippen LogP contribution in [0.1, 0.15) is 25.1 Å². The second-order valence-electron chi connectivity index (χ2n) is 4.03. The maximum Gasteiger partial charge on any atom is 0.291 e. The molecule has 2 heterocycles. The highest BCUT2D eigenvalue weighted by Gasteiger charge is 2.33. The largest absolute Gasteiger partial charge is 0.339 e. The first-order valence-electron chi connectivity index (χ1n) is 5.48. The Labute approximate surface area is 90.3 Å². The van der Waals surface area contributed by atoms with Crippen molar-refractivity contribution in [1.29, 1.82) is 0 Å². The molecule has 0 aromatic carbocycles. The van der Waals surface area contributed by atoms with Crippen molar-refractivity contribution in [3.05, 3.63) is 30.1 Å². The van der Waals surface area contributed by atoms with Gasteiger partial charge >= 0.3 is 0 Å². The Morgan fingerprint density at radius 3 is 3.07 bits per heavy atom. The second-order valence-corrected chi connectivity index (χ2v) is 4.03. The molecule has 1 aromatic rings. The van der Waals surface area contributed by atoms with Crippen molar-refractivity contribution in [1.82, 2.24) is 4.90 Å². The van der Waals surface area contributed by atoms with E-state index < -0.39 is 0 Å². The molecular weight excluding hydrogens is 188 g/mol. The van der Waals surface area contributed by atoms with Gasteiger partial charge in [0.05, 0.1) is 6.42 Å². The lowest BCUT2D eigenvalue weighted by Gasteiger charge is -2.15. The van der Waals surface area contributed by atoms with Gasteiger partial charge in [0.15, 0.2) is 11.9 Å². The quantitative estimate of drug-likeness (QED) is 0.626. The molecule has 3 nitrogen and oxygen atoms in total. The first-order chi connectivity index (χ1) is 7.24. The van der Waals surface area contributed by atoms with E-state index in [-0.39, 0.29) is 11.9 Å². The average molecular weight is 205 g/mol. The zero-order valence-corrected chi connectivity index (χ0v) is 9.31. The third-order valence-electron chi connectivity index (χ3n) is 3.07. The van der Waals surface area contributed by atoms with Gasteiger partial charge in [0.2, 0.25) is 6.04 Å². The van der Waals surface area contributed by atoms with Crippen molar-refractivity contribution >= 4 is 5.91 Å². The van der Waals surface area contributed by atoms with E-state index in [4.69, 9.17) is 0 Å². The molecule has 0 bridgehead atoms. The van der Waals surface area contributed by atoms with Gasteiger partial charge in [-0.3, -0.25) is 4.79 Å². The molecule has 1 amide bonds. The molecule has 0 unspecified atom stereocenters. The van der Waals surface area contributed by atoms with Crippen LogP contribution in [0.25, 0.3) is 0 Å². The summed E-state index contributed by atoms with van der Waals surface area (Å²) in [6.07, 6.45) is 3.81. The van der Waals surface area contributed by atoms with E-state index in [0.717, 1.165) is 19.4 Å². The van der Waals surface area contributed by atoms with Gasteiger partial charge in [0, 0.05) is 32.1 Å². The minimum atomic E-state index is -0.0197. The average Bonchev–Trinajstić information content (AvgIpc) is 2.38. The number of fused-ring (bicyclic) bond motifs is 1. The van der Waals surface area contributed by atoms with Crippen LogP contribution in [-0.2, 0) is 11.2 Å². The number of rotatable bonds is 1. The highest BCUT2D eigenvalue weighted by Crippen LogP contribution is 2.12. The predicted molar refractivity (Wildman–Crippen MR) is 57.3 cm³/mol. The molecule has 1 aliphatic rings. The smallest absolute Gasteiger partial charge is 0.291 e. The monoisotopic (exact) mass is 205 g/mol. The summed E-state index contributed by atoms with van der Waals surface area (Å²) in [6, 6.07) is 6.11. The number of pyridine rings is 1. The van der Waals surface area contributed by atoms with Crippen LogP contribution in [0.2, 0.25) is 0 Å². The second kappa shape index (κ2) is 4.01. The molecular formula is C12H17N2O+. The first kappa shape index (κ1) is 10.1.